The summed E-state index contributed by atoms with van der Waals surface area (Å²) in [5.74, 6) is 0.771. The van der Waals surface area contributed by atoms with E-state index in [2.05, 4.69) is 15.6 Å². The molecule has 1 amide bonds. The fourth-order valence-electron chi connectivity index (χ4n) is 1.84. The van der Waals surface area contributed by atoms with E-state index in [-0.39, 0.29) is 11.8 Å². The molecule has 1 saturated heterocycles. The molecule has 0 radical (unpaired) electrons. The Morgan fingerprint density at radius 1 is 1.53 bits per heavy atom. The predicted molar refractivity (Wildman–Crippen MR) is 63.7 cm³/mol. The van der Waals surface area contributed by atoms with E-state index >= 15 is 0 Å². The average molecular weight is 231 g/mol. The van der Waals surface area contributed by atoms with Crippen LogP contribution in [0.4, 0.5) is 5.69 Å². The summed E-state index contributed by atoms with van der Waals surface area (Å²) in [5, 5.41) is 5.95. The molecule has 0 atom stereocenters. The largest absolute Gasteiger partial charge is 0.441 e. The van der Waals surface area contributed by atoms with Gasteiger partial charge in [0.2, 0.25) is 5.91 Å². The van der Waals surface area contributed by atoms with Gasteiger partial charge in [-0.1, -0.05) is 0 Å². The normalized spacial score (nSPS) is 15.8. The zero-order valence-electron chi connectivity index (χ0n) is 9.49. The fourth-order valence-corrected chi connectivity index (χ4v) is 1.84. The lowest BCUT2D eigenvalue weighted by Crippen LogP contribution is -2.48. The number of aromatic nitrogens is 1. The minimum Gasteiger partial charge on any atom is -0.441 e. The number of nitrogens with one attached hydrogen (secondary N) is 2. The van der Waals surface area contributed by atoms with Gasteiger partial charge < -0.3 is 15.1 Å². The first-order valence-corrected chi connectivity index (χ1v) is 5.61. The summed E-state index contributed by atoms with van der Waals surface area (Å²) < 4.78 is 5.42. The van der Waals surface area contributed by atoms with Crippen LogP contribution in [0.25, 0.3) is 11.1 Å². The summed E-state index contributed by atoms with van der Waals surface area (Å²) in [7, 11) is 0. The molecule has 2 heterocycles. The molecule has 1 aromatic heterocycles. The summed E-state index contributed by atoms with van der Waals surface area (Å²) in [6.45, 7) is 3.32. The van der Waals surface area contributed by atoms with Crippen LogP contribution in [0.5, 0.6) is 0 Å². The standard InChI is InChI=1S/C12H13N3O2/c1-7-14-10-3-2-9(4-11(10)17-7)15-12(16)8-5-13-6-8/h2-4,8,13H,5-6H2,1H3,(H,15,16). The van der Waals surface area contributed by atoms with Gasteiger partial charge >= 0.3 is 0 Å². The number of fused-ring (bicyclic) bond motifs is 1. The van der Waals surface area contributed by atoms with E-state index in [4.69, 9.17) is 4.42 Å². The highest BCUT2D eigenvalue weighted by molar-refractivity contribution is 5.95. The van der Waals surface area contributed by atoms with Crippen molar-refractivity contribution in [3.05, 3.63) is 24.1 Å². The molecule has 1 aromatic carbocycles. The fraction of sp³-hybridized carbons (Fsp3) is 0.333. The Kier molecular flexibility index (Phi) is 2.33. The van der Waals surface area contributed by atoms with E-state index in [1.54, 1.807) is 13.0 Å². The van der Waals surface area contributed by atoms with Gasteiger partial charge in [-0.2, -0.15) is 0 Å². The smallest absolute Gasteiger partial charge is 0.230 e. The number of oxazole rings is 1. The van der Waals surface area contributed by atoms with Gasteiger partial charge in [-0.25, -0.2) is 4.98 Å². The first kappa shape index (κ1) is 10.3. The molecular weight excluding hydrogens is 218 g/mol. The van der Waals surface area contributed by atoms with E-state index in [1.807, 2.05) is 12.1 Å². The molecule has 5 heteroatoms. The summed E-state index contributed by atoms with van der Waals surface area (Å²) >= 11 is 0. The van der Waals surface area contributed by atoms with Crippen LogP contribution < -0.4 is 10.6 Å². The van der Waals surface area contributed by atoms with Crippen LogP contribution in [-0.2, 0) is 4.79 Å². The number of carbonyl (C=O) groups is 1. The Labute approximate surface area is 98.2 Å². The molecule has 1 fully saturated rings. The average Bonchev–Trinajstić information content (AvgIpc) is 2.54. The second-order valence-corrected chi connectivity index (χ2v) is 4.26. The molecular formula is C12H13N3O2. The van der Waals surface area contributed by atoms with Crippen molar-refractivity contribution in [2.24, 2.45) is 5.92 Å². The molecule has 0 saturated carbocycles. The van der Waals surface area contributed by atoms with Crippen molar-refractivity contribution in [2.45, 2.75) is 6.92 Å². The van der Waals surface area contributed by atoms with Crippen molar-refractivity contribution in [1.82, 2.24) is 10.3 Å². The van der Waals surface area contributed by atoms with Gasteiger partial charge in [0.1, 0.15) is 5.52 Å². The van der Waals surface area contributed by atoms with Gasteiger partial charge in [0.05, 0.1) is 5.92 Å². The number of amides is 1. The van der Waals surface area contributed by atoms with Crippen molar-refractivity contribution < 1.29 is 9.21 Å². The third-order valence-electron chi connectivity index (χ3n) is 2.92. The van der Waals surface area contributed by atoms with Gasteiger partial charge in [-0.05, 0) is 12.1 Å². The third-order valence-corrected chi connectivity index (χ3v) is 2.92. The minimum atomic E-state index is 0.0549. The Morgan fingerprint density at radius 3 is 3.06 bits per heavy atom. The maximum absolute atomic E-state index is 11.7. The number of nitrogens with zero attached hydrogens (tertiary/aromatic N) is 1. The molecule has 1 aliphatic heterocycles. The van der Waals surface area contributed by atoms with E-state index in [0.29, 0.717) is 11.5 Å². The van der Waals surface area contributed by atoms with Crippen molar-refractivity contribution in [1.29, 1.82) is 0 Å². The summed E-state index contributed by atoms with van der Waals surface area (Å²) in [5.41, 5.74) is 2.27. The molecule has 3 rings (SSSR count). The van der Waals surface area contributed by atoms with Crippen LogP contribution in [0.15, 0.2) is 22.6 Å². The zero-order valence-corrected chi connectivity index (χ0v) is 9.49. The van der Waals surface area contributed by atoms with Crippen molar-refractivity contribution in [2.75, 3.05) is 18.4 Å². The van der Waals surface area contributed by atoms with Crippen molar-refractivity contribution in [3.8, 4) is 0 Å². The molecule has 17 heavy (non-hydrogen) atoms. The van der Waals surface area contributed by atoms with E-state index in [0.717, 1.165) is 24.3 Å². The highest BCUT2D eigenvalue weighted by Crippen LogP contribution is 2.20. The maximum atomic E-state index is 11.7. The molecule has 0 aliphatic carbocycles. The van der Waals surface area contributed by atoms with Crippen LogP contribution in [0, 0.1) is 12.8 Å². The van der Waals surface area contributed by atoms with Crippen LogP contribution in [0.1, 0.15) is 5.89 Å². The Balaban J connectivity index is 1.82. The van der Waals surface area contributed by atoms with Gasteiger partial charge in [0.15, 0.2) is 11.5 Å². The van der Waals surface area contributed by atoms with Crippen LogP contribution >= 0.6 is 0 Å². The molecule has 2 N–H and O–H groups in total. The molecule has 5 nitrogen and oxygen atoms in total. The highest BCUT2D eigenvalue weighted by Gasteiger charge is 2.24. The Morgan fingerprint density at radius 2 is 2.35 bits per heavy atom. The van der Waals surface area contributed by atoms with E-state index < -0.39 is 0 Å². The number of benzene rings is 1. The lowest BCUT2D eigenvalue weighted by Gasteiger charge is -2.25. The Bertz CT molecular complexity index is 572. The van der Waals surface area contributed by atoms with Crippen LogP contribution in [0.3, 0.4) is 0 Å². The number of carbonyl (C=O) groups excluding carboxylic acids is 1. The quantitative estimate of drug-likeness (QED) is 0.817. The maximum Gasteiger partial charge on any atom is 0.230 e. The number of hydrogen-bond donors (Lipinski definition) is 2. The number of anilines is 1. The molecule has 0 bridgehead atoms. The predicted octanol–water partition coefficient (Wildman–Crippen LogP) is 1.29. The highest BCUT2D eigenvalue weighted by atomic mass is 16.3. The topological polar surface area (TPSA) is 67.2 Å². The summed E-state index contributed by atoms with van der Waals surface area (Å²) in [4.78, 5) is 15.9. The summed E-state index contributed by atoms with van der Waals surface area (Å²) in [6.07, 6.45) is 0. The zero-order chi connectivity index (χ0) is 11.8. The minimum absolute atomic E-state index is 0.0549. The van der Waals surface area contributed by atoms with Gasteiger partial charge in [-0.3, -0.25) is 4.79 Å². The van der Waals surface area contributed by atoms with Crippen LogP contribution in [0.2, 0.25) is 0 Å². The van der Waals surface area contributed by atoms with Gasteiger partial charge in [-0.15, -0.1) is 0 Å². The summed E-state index contributed by atoms with van der Waals surface area (Å²) in [6, 6.07) is 5.49. The van der Waals surface area contributed by atoms with Crippen molar-refractivity contribution >= 4 is 22.7 Å². The number of hydrogen-bond acceptors (Lipinski definition) is 4. The second kappa shape index (κ2) is 3.85. The lowest BCUT2D eigenvalue weighted by atomic mass is 10.0. The molecule has 2 aromatic rings. The van der Waals surface area contributed by atoms with Gasteiger partial charge in [0, 0.05) is 31.8 Å². The SMILES string of the molecule is Cc1nc2ccc(NC(=O)C3CNC3)cc2o1. The molecule has 0 unspecified atom stereocenters. The van der Waals surface area contributed by atoms with Crippen molar-refractivity contribution in [3.63, 3.8) is 0 Å². The number of rotatable bonds is 2. The van der Waals surface area contributed by atoms with E-state index in [1.165, 1.54) is 0 Å². The Hall–Kier alpha value is -1.88. The molecule has 88 valence electrons. The molecule has 1 aliphatic rings. The lowest BCUT2D eigenvalue weighted by molar-refractivity contribution is -0.121. The first-order chi connectivity index (χ1) is 8.22. The first-order valence-electron chi connectivity index (χ1n) is 5.61. The monoisotopic (exact) mass is 231 g/mol. The third kappa shape index (κ3) is 1.89. The molecule has 0 spiro atoms. The second-order valence-electron chi connectivity index (χ2n) is 4.26. The number of aryl methyl sites for hydroxylation is 1. The van der Waals surface area contributed by atoms with E-state index in [9.17, 15) is 4.79 Å². The van der Waals surface area contributed by atoms with Gasteiger partial charge in [0.25, 0.3) is 0 Å². The van der Waals surface area contributed by atoms with Crippen LogP contribution in [-0.4, -0.2) is 24.0 Å².